The molecular formula is C24H25N3O. The molecule has 0 aliphatic carbocycles. The van der Waals surface area contributed by atoms with Crippen LogP contribution in [-0.2, 0) is 5.41 Å². The summed E-state index contributed by atoms with van der Waals surface area (Å²) in [4.78, 5) is 11.7. The van der Waals surface area contributed by atoms with Gasteiger partial charge in [-0.05, 0) is 74.2 Å². The minimum atomic E-state index is -0.646. The maximum atomic E-state index is 6.82. The summed E-state index contributed by atoms with van der Waals surface area (Å²) in [7, 11) is 2.12. The largest absolute Gasteiger partial charge is 0.459 e. The number of rotatable bonds is 1. The summed E-state index contributed by atoms with van der Waals surface area (Å²) in [5.74, 6) is 0.816. The topological polar surface area (TPSA) is 37.7 Å². The molecule has 4 heteroatoms. The lowest BCUT2D eigenvalue weighted by atomic mass is 9.73. The van der Waals surface area contributed by atoms with Crippen LogP contribution in [0.1, 0.15) is 37.0 Å². The Labute approximate surface area is 165 Å². The summed E-state index contributed by atoms with van der Waals surface area (Å²) in [5.41, 5.74) is 6.12. The van der Waals surface area contributed by atoms with E-state index in [-0.39, 0.29) is 5.41 Å². The Kier molecular flexibility index (Phi) is 3.43. The van der Waals surface area contributed by atoms with Crippen molar-refractivity contribution >= 4 is 28.5 Å². The van der Waals surface area contributed by atoms with E-state index >= 15 is 0 Å². The van der Waals surface area contributed by atoms with Crippen LogP contribution in [0.25, 0.3) is 10.9 Å². The first-order valence-corrected chi connectivity index (χ1v) is 9.89. The number of ether oxygens (including phenoxy) is 1. The maximum Gasteiger partial charge on any atom is 0.228 e. The molecule has 142 valence electrons. The lowest BCUT2D eigenvalue weighted by Crippen LogP contribution is -2.61. The molecule has 1 aromatic heterocycles. The third-order valence-corrected chi connectivity index (χ3v) is 6.92. The number of fused-ring (bicyclic) bond motifs is 4. The van der Waals surface area contributed by atoms with Crippen LogP contribution in [0, 0.1) is 13.8 Å². The number of aromatic nitrogens is 1. The van der Waals surface area contributed by atoms with E-state index in [0.717, 1.165) is 28.8 Å². The van der Waals surface area contributed by atoms with Crippen molar-refractivity contribution in [3.8, 4) is 5.75 Å². The van der Waals surface area contributed by atoms with Crippen LogP contribution < -0.4 is 9.64 Å². The standard InChI is InChI=1S/C24H25N3O/c1-6-23(4)18-12-15(2)16(3)13-20(18)27(5)24(23)14-26-22-17-8-7-11-25-19(17)9-10-21(22)28-24/h7-14H,6H2,1-5H3. The Bertz CT molecular complexity index is 1150. The SMILES string of the molecule is CCC1(C)c2cc(C)c(C)cc2N(C)C12C=Nc1c(ccc3ncccc13)O2. The molecule has 3 aromatic rings. The van der Waals surface area contributed by atoms with Gasteiger partial charge in [0.1, 0.15) is 11.4 Å². The van der Waals surface area contributed by atoms with Crippen molar-refractivity contribution in [1.29, 1.82) is 0 Å². The van der Waals surface area contributed by atoms with Crippen molar-refractivity contribution in [2.75, 3.05) is 11.9 Å². The molecular weight excluding hydrogens is 346 g/mol. The molecule has 0 radical (unpaired) electrons. The second kappa shape index (κ2) is 5.57. The van der Waals surface area contributed by atoms with Crippen LogP contribution in [0.4, 0.5) is 11.4 Å². The van der Waals surface area contributed by atoms with Gasteiger partial charge in [-0.15, -0.1) is 0 Å². The molecule has 0 amide bonds. The zero-order valence-electron chi connectivity index (χ0n) is 17.1. The predicted octanol–water partition coefficient (Wildman–Crippen LogP) is 5.46. The van der Waals surface area contributed by atoms with E-state index in [2.05, 4.69) is 62.8 Å². The van der Waals surface area contributed by atoms with Crippen LogP contribution >= 0.6 is 0 Å². The fourth-order valence-corrected chi connectivity index (χ4v) is 4.79. The van der Waals surface area contributed by atoms with Crippen LogP contribution in [0.3, 0.4) is 0 Å². The van der Waals surface area contributed by atoms with Gasteiger partial charge in [0.15, 0.2) is 0 Å². The first kappa shape index (κ1) is 17.2. The lowest BCUT2D eigenvalue weighted by Gasteiger charge is -2.46. The first-order valence-electron chi connectivity index (χ1n) is 9.89. The smallest absolute Gasteiger partial charge is 0.228 e. The average Bonchev–Trinajstić information content (AvgIpc) is 2.88. The van der Waals surface area contributed by atoms with Gasteiger partial charge in [-0.1, -0.05) is 13.0 Å². The molecule has 0 N–H and O–H groups in total. The van der Waals surface area contributed by atoms with Gasteiger partial charge in [-0.3, -0.25) is 9.98 Å². The lowest BCUT2D eigenvalue weighted by molar-refractivity contribution is 0.0706. The molecule has 3 heterocycles. The molecule has 2 unspecified atom stereocenters. The number of hydrogen-bond donors (Lipinski definition) is 0. The summed E-state index contributed by atoms with van der Waals surface area (Å²) in [5, 5.41) is 1.02. The summed E-state index contributed by atoms with van der Waals surface area (Å²) in [6.07, 6.45) is 4.77. The Morgan fingerprint density at radius 1 is 1.11 bits per heavy atom. The molecule has 2 aliphatic heterocycles. The quantitative estimate of drug-likeness (QED) is 0.570. The number of anilines is 1. The van der Waals surface area contributed by atoms with Crippen LogP contribution in [0.2, 0.25) is 0 Å². The van der Waals surface area contributed by atoms with Crippen molar-refractivity contribution in [3.05, 3.63) is 59.3 Å². The van der Waals surface area contributed by atoms with Gasteiger partial charge in [-0.25, -0.2) is 0 Å². The van der Waals surface area contributed by atoms with Crippen LogP contribution in [0.15, 0.2) is 47.6 Å². The normalized spacial score (nSPS) is 25.1. The van der Waals surface area contributed by atoms with Gasteiger partial charge < -0.3 is 9.64 Å². The Hall–Kier alpha value is -2.88. The highest BCUT2D eigenvalue weighted by Gasteiger charge is 2.60. The maximum absolute atomic E-state index is 6.82. The third-order valence-electron chi connectivity index (χ3n) is 6.92. The number of aliphatic imine (C=N–C) groups is 1. The summed E-state index contributed by atoms with van der Waals surface area (Å²) in [6, 6.07) is 12.6. The molecule has 5 rings (SSSR count). The van der Waals surface area contributed by atoms with Crippen molar-refractivity contribution < 1.29 is 4.74 Å². The van der Waals surface area contributed by atoms with E-state index in [4.69, 9.17) is 9.73 Å². The van der Waals surface area contributed by atoms with Gasteiger partial charge in [-0.2, -0.15) is 0 Å². The molecule has 1 spiro atoms. The highest BCUT2D eigenvalue weighted by atomic mass is 16.5. The molecule has 2 atom stereocenters. The average molecular weight is 371 g/mol. The van der Waals surface area contributed by atoms with Gasteiger partial charge >= 0.3 is 0 Å². The Morgan fingerprint density at radius 3 is 2.68 bits per heavy atom. The van der Waals surface area contributed by atoms with Crippen LogP contribution in [-0.4, -0.2) is 24.0 Å². The van der Waals surface area contributed by atoms with Crippen LogP contribution in [0.5, 0.6) is 5.75 Å². The van der Waals surface area contributed by atoms with Crippen molar-refractivity contribution in [2.24, 2.45) is 4.99 Å². The Morgan fingerprint density at radius 2 is 1.89 bits per heavy atom. The minimum Gasteiger partial charge on any atom is -0.459 e. The van der Waals surface area contributed by atoms with E-state index in [9.17, 15) is 0 Å². The number of benzene rings is 2. The number of likely N-dealkylation sites (N-methyl/N-ethyl adjacent to an activating group) is 1. The summed E-state index contributed by atoms with van der Waals surface area (Å²) in [6.45, 7) is 8.88. The minimum absolute atomic E-state index is 0.208. The molecule has 28 heavy (non-hydrogen) atoms. The third kappa shape index (κ3) is 1.95. The van der Waals surface area contributed by atoms with E-state index in [1.165, 1.54) is 22.4 Å². The van der Waals surface area contributed by atoms with Gasteiger partial charge in [0, 0.05) is 24.3 Å². The molecule has 0 saturated carbocycles. The van der Waals surface area contributed by atoms with E-state index in [0.29, 0.717) is 0 Å². The van der Waals surface area contributed by atoms with E-state index in [1.807, 2.05) is 30.6 Å². The number of pyridine rings is 1. The van der Waals surface area contributed by atoms with Gasteiger partial charge in [0.2, 0.25) is 5.72 Å². The fourth-order valence-electron chi connectivity index (χ4n) is 4.79. The highest BCUT2D eigenvalue weighted by molar-refractivity contribution is 5.98. The number of aryl methyl sites for hydroxylation is 2. The van der Waals surface area contributed by atoms with E-state index in [1.54, 1.807) is 0 Å². The zero-order valence-corrected chi connectivity index (χ0v) is 17.1. The monoisotopic (exact) mass is 371 g/mol. The second-order valence-electron chi connectivity index (χ2n) is 8.24. The molecule has 2 aromatic carbocycles. The van der Waals surface area contributed by atoms with Crippen molar-refractivity contribution in [3.63, 3.8) is 0 Å². The van der Waals surface area contributed by atoms with Gasteiger partial charge in [0.25, 0.3) is 0 Å². The Balaban J connectivity index is 1.73. The van der Waals surface area contributed by atoms with Crippen molar-refractivity contribution in [1.82, 2.24) is 4.98 Å². The highest BCUT2D eigenvalue weighted by Crippen LogP contribution is 2.56. The van der Waals surface area contributed by atoms with E-state index < -0.39 is 5.72 Å². The molecule has 2 aliphatic rings. The fraction of sp³-hybridized carbons (Fsp3) is 0.333. The first-order chi connectivity index (χ1) is 13.4. The second-order valence-corrected chi connectivity index (χ2v) is 8.24. The molecule has 0 fully saturated rings. The molecule has 0 bridgehead atoms. The summed E-state index contributed by atoms with van der Waals surface area (Å²) >= 11 is 0. The van der Waals surface area contributed by atoms with Crippen molar-refractivity contribution in [2.45, 2.75) is 45.3 Å². The molecule has 0 saturated heterocycles. The molecule has 4 nitrogen and oxygen atoms in total. The summed E-state index contributed by atoms with van der Waals surface area (Å²) < 4.78 is 6.82. The number of nitrogens with zero attached hydrogens (tertiary/aromatic N) is 3. The van der Waals surface area contributed by atoms with Gasteiger partial charge in [0.05, 0.1) is 17.1 Å². The predicted molar refractivity (Wildman–Crippen MR) is 115 cm³/mol. The number of hydrogen-bond acceptors (Lipinski definition) is 4. The zero-order chi connectivity index (χ0) is 19.7.